The molecule has 0 saturated heterocycles. The molecule has 4 nitrogen and oxygen atoms in total. The second kappa shape index (κ2) is 8.08. The van der Waals surface area contributed by atoms with Crippen LogP contribution in [0.1, 0.15) is 29.3 Å². The van der Waals surface area contributed by atoms with Crippen molar-refractivity contribution >= 4 is 5.97 Å². The van der Waals surface area contributed by atoms with E-state index < -0.39 is 5.97 Å². The Morgan fingerprint density at radius 3 is 2.50 bits per heavy atom. The maximum atomic E-state index is 11.0. The molecule has 0 unspecified atom stereocenters. The van der Waals surface area contributed by atoms with Crippen LogP contribution in [0.15, 0.2) is 48.5 Å². The molecule has 0 aliphatic heterocycles. The summed E-state index contributed by atoms with van der Waals surface area (Å²) in [5, 5.41) is 9.01. The Morgan fingerprint density at radius 2 is 1.82 bits per heavy atom. The summed E-state index contributed by atoms with van der Waals surface area (Å²) < 4.78 is 11.2. The highest BCUT2D eigenvalue weighted by molar-refractivity contribution is 5.88. The fourth-order valence-corrected chi connectivity index (χ4v) is 2.13. The zero-order valence-corrected chi connectivity index (χ0v) is 12.6. The van der Waals surface area contributed by atoms with Crippen LogP contribution >= 0.6 is 0 Å². The fourth-order valence-electron chi connectivity index (χ4n) is 2.13. The van der Waals surface area contributed by atoms with Gasteiger partial charge in [0, 0.05) is 0 Å². The Morgan fingerprint density at radius 1 is 1.05 bits per heavy atom. The standard InChI is InChI=1S/C18H20O4/c1-2-21-17-13-15(18(19)20)10-11-16(17)22-12-6-9-14-7-4-3-5-8-14/h3-5,7-8,10-11,13H,2,6,9,12H2,1H3,(H,19,20). The third-order valence-electron chi connectivity index (χ3n) is 3.20. The quantitative estimate of drug-likeness (QED) is 0.753. The molecule has 2 rings (SSSR count). The van der Waals surface area contributed by atoms with Gasteiger partial charge in [0.1, 0.15) is 0 Å². The van der Waals surface area contributed by atoms with E-state index in [1.807, 2.05) is 25.1 Å². The number of carboxylic acid groups (broad SMARTS) is 1. The Bertz CT molecular complexity index is 608. The van der Waals surface area contributed by atoms with Gasteiger partial charge in [0.2, 0.25) is 0 Å². The van der Waals surface area contributed by atoms with Crippen molar-refractivity contribution in [3.05, 3.63) is 59.7 Å². The Balaban J connectivity index is 1.92. The minimum atomic E-state index is -0.975. The smallest absolute Gasteiger partial charge is 0.335 e. The molecule has 0 radical (unpaired) electrons. The van der Waals surface area contributed by atoms with Crippen molar-refractivity contribution in [2.24, 2.45) is 0 Å². The number of rotatable bonds is 8. The molecule has 2 aromatic rings. The van der Waals surface area contributed by atoms with Gasteiger partial charge in [-0.1, -0.05) is 30.3 Å². The van der Waals surface area contributed by atoms with Crippen LogP contribution in [0, 0.1) is 0 Å². The van der Waals surface area contributed by atoms with Crippen molar-refractivity contribution < 1.29 is 19.4 Å². The molecular weight excluding hydrogens is 280 g/mol. The first-order chi connectivity index (χ1) is 10.7. The average Bonchev–Trinajstić information content (AvgIpc) is 2.53. The topological polar surface area (TPSA) is 55.8 Å². The average molecular weight is 300 g/mol. The van der Waals surface area contributed by atoms with E-state index in [1.165, 1.54) is 17.7 Å². The lowest BCUT2D eigenvalue weighted by molar-refractivity contribution is 0.0696. The van der Waals surface area contributed by atoms with Crippen molar-refractivity contribution in [1.82, 2.24) is 0 Å². The van der Waals surface area contributed by atoms with Gasteiger partial charge in [0.15, 0.2) is 11.5 Å². The highest BCUT2D eigenvalue weighted by Gasteiger charge is 2.10. The van der Waals surface area contributed by atoms with Gasteiger partial charge in [0.05, 0.1) is 18.8 Å². The normalized spacial score (nSPS) is 10.2. The number of hydrogen-bond donors (Lipinski definition) is 1. The molecule has 116 valence electrons. The van der Waals surface area contributed by atoms with Crippen molar-refractivity contribution in [3.63, 3.8) is 0 Å². The predicted molar refractivity (Wildman–Crippen MR) is 84.8 cm³/mol. The minimum Gasteiger partial charge on any atom is -0.490 e. The van der Waals surface area contributed by atoms with Gasteiger partial charge < -0.3 is 14.6 Å². The van der Waals surface area contributed by atoms with Crippen LogP contribution in [-0.2, 0) is 6.42 Å². The molecule has 0 aromatic heterocycles. The molecule has 22 heavy (non-hydrogen) atoms. The number of benzene rings is 2. The highest BCUT2D eigenvalue weighted by Crippen LogP contribution is 2.28. The Kier molecular flexibility index (Phi) is 5.83. The number of ether oxygens (including phenoxy) is 2. The summed E-state index contributed by atoms with van der Waals surface area (Å²) in [7, 11) is 0. The fraction of sp³-hybridized carbons (Fsp3) is 0.278. The first kappa shape index (κ1) is 15.9. The van der Waals surface area contributed by atoms with Crippen LogP contribution in [0.2, 0.25) is 0 Å². The summed E-state index contributed by atoms with van der Waals surface area (Å²) in [6.07, 6.45) is 1.83. The molecule has 0 fully saturated rings. The van der Waals surface area contributed by atoms with Crippen LogP contribution in [0.4, 0.5) is 0 Å². The molecule has 4 heteroatoms. The van der Waals surface area contributed by atoms with E-state index in [-0.39, 0.29) is 5.56 Å². The third kappa shape index (κ3) is 4.52. The first-order valence-corrected chi connectivity index (χ1v) is 7.37. The molecule has 0 heterocycles. The number of aryl methyl sites for hydroxylation is 1. The number of hydrogen-bond acceptors (Lipinski definition) is 3. The third-order valence-corrected chi connectivity index (χ3v) is 3.20. The summed E-state index contributed by atoms with van der Waals surface area (Å²) in [4.78, 5) is 11.0. The van der Waals surface area contributed by atoms with E-state index in [4.69, 9.17) is 14.6 Å². The van der Waals surface area contributed by atoms with Crippen molar-refractivity contribution in [3.8, 4) is 11.5 Å². The molecule has 0 aliphatic rings. The van der Waals surface area contributed by atoms with Gasteiger partial charge in [-0.25, -0.2) is 4.79 Å². The van der Waals surface area contributed by atoms with Crippen molar-refractivity contribution in [1.29, 1.82) is 0 Å². The van der Waals surface area contributed by atoms with Crippen LogP contribution in [-0.4, -0.2) is 24.3 Å². The van der Waals surface area contributed by atoms with Crippen LogP contribution < -0.4 is 9.47 Å². The monoisotopic (exact) mass is 300 g/mol. The number of carboxylic acids is 1. The van der Waals surface area contributed by atoms with Gasteiger partial charge in [-0.3, -0.25) is 0 Å². The summed E-state index contributed by atoms with van der Waals surface area (Å²) >= 11 is 0. The van der Waals surface area contributed by atoms with Crippen LogP contribution in [0.25, 0.3) is 0 Å². The molecule has 0 amide bonds. The van der Waals surface area contributed by atoms with Gasteiger partial charge in [-0.2, -0.15) is 0 Å². The molecule has 0 bridgehead atoms. The second-order valence-corrected chi connectivity index (χ2v) is 4.84. The summed E-state index contributed by atoms with van der Waals surface area (Å²) in [5.41, 5.74) is 1.47. The largest absolute Gasteiger partial charge is 0.490 e. The lowest BCUT2D eigenvalue weighted by Gasteiger charge is -2.12. The molecule has 0 spiro atoms. The number of carbonyl (C=O) groups is 1. The van der Waals surface area contributed by atoms with Crippen LogP contribution in [0.5, 0.6) is 11.5 Å². The van der Waals surface area contributed by atoms with E-state index in [1.54, 1.807) is 6.07 Å². The maximum absolute atomic E-state index is 11.0. The summed E-state index contributed by atoms with van der Waals surface area (Å²) in [5.74, 6) is 0.0820. The molecule has 0 aliphatic carbocycles. The molecule has 0 atom stereocenters. The molecular formula is C18H20O4. The highest BCUT2D eigenvalue weighted by atomic mass is 16.5. The SMILES string of the molecule is CCOc1cc(C(=O)O)ccc1OCCCc1ccccc1. The van der Waals surface area contributed by atoms with Gasteiger partial charge in [-0.05, 0) is 43.5 Å². The van der Waals surface area contributed by atoms with Gasteiger partial charge in [-0.15, -0.1) is 0 Å². The summed E-state index contributed by atoms with van der Waals surface area (Å²) in [6, 6.07) is 14.9. The van der Waals surface area contributed by atoms with E-state index in [0.717, 1.165) is 12.8 Å². The minimum absolute atomic E-state index is 0.195. The Hall–Kier alpha value is -2.49. The van der Waals surface area contributed by atoms with E-state index in [9.17, 15) is 4.79 Å². The van der Waals surface area contributed by atoms with E-state index in [2.05, 4.69) is 12.1 Å². The zero-order valence-electron chi connectivity index (χ0n) is 12.6. The van der Waals surface area contributed by atoms with Crippen LogP contribution in [0.3, 0.4) is 0 Å². The van der Waals surface area contributed by atoms with Gasteiger partial charge >= 0.3 is 5.97 Å². The second-order valence-electron chi connectivity index (χ2n) is 4.84. The molecule has 2 aromatic carbocycles. The number of aromatic carboxylic acids is 1. The maximum Gasteiger partial charge on any atom is 0.335 e. The van der Waals surface area contributed by atoms with Gasteiger partial charge in [0.25, 0.3) is 0 Å². The van der Waals surface area contributed by atoms with Crippen molar-refractivity contribution in [2.75, 3.05) is 13.2 Å². The molecule has 0 saturated carbocycles. The zero-order chi connectivity index (χ0) is 15.8. The van der Waals surface area contributed by atoms with Crippen molar-refractivity contribution in [2.45, 2.75) is 19.8 Å². The first-order valence-electron chi connectivity index (χ1n) is 7.37. The lowest BCUT2D eigenvalue weighted by Crippen LogP contribution is -2.04. The predicted octanol–water partition coefficient (Wildman–Crippen LogP) is 3.80. The Labute approximate surface area is 130 Å². The van der Waals surface area contributed by atoms with E-state index in [0.29, 0.717) is 24.7 Å². The lowest BCUT2D eigenvalue weighted by atomic mass is 10.1. The summed E-state index contributed by atoms with van der Waals surface area (Å²) in [6.45, 7) is 2.87. The van der Waals surface area contributed by atoms with E-state index >= 15 is 0 Å². The molecule has 1 N–H and O–H groups in total.